The molecule has 0 fully saturated rings. The number of benzene rings is 2. The van der Waals surface area contributed by atoms with E-state index in [4.69, 9.17) is 4.55 Å². The van der Waals surface area contributed by atoms with Gasteiger partial charge >= 0.3 is 0 Å². The Kier molecular flexibility index (Phi) is 5.01. The number of non-ortho nitro benzene ring substituents is 1. The number of hydrogen-bond acceptors (Lipinski definition) is 8. The van der Waals surface area contributed by atoms with E-state index in [0.29, 0.717) is 11.8 Å². The first-order valence-corrected chi connectivity index (χ1v) is 9.30. The molecule has 1 heterocycles. The van der Waals surface area contributed by atoms with Crippen molar-refractivity contribution in [3.05, 3.63) is 58.4 Å². The fourth-order valence-electron chi connectivity index (χ4n) is 2.50. The van der Waals surface area contributed by atoms with Crippen LogP contribution in [0.3, 0.4) is 0 Å². The molecule has 1 aromatic heterocycles. The van der Waals surface area contributed by atoms with Crippen molar-refractivity contribution in [1.82, 2.24) is 5.10 Å². The van der Waals surface area contributed by atoms with Crippen LogP contribution in [-0.4, -0.2) is 33.2 Å². The van der Waals surface area contributed by atoms with E-state index in [0.717, 1.165) is 11.6 Å². The molecular weight excluding hydrogens is 406 g/mol. The van der Waals surface area contributed by atoms with Crippen molar-refractivity contribution in [2.24, 2.45) is 10.2 Å². The van der Waals surface area contributed by atoms with E-state index in [1.54, 1.807) is 19.1 Å². The number of rotatable bonds is 5. The highest BCUT2D eigenvalue weighted by molar-refractivity contribution is 7.86. The van der Waals surface area contributed by atoms with E-state index in [2.05, 4.69) is 15.3 Å². The van der Waals surface area contributed by atoms with Crippen molar-refractivity contribution >= 4 is 27.2 Å². The molecule has 0 amide bonds. The number of aromatic hydroxyl groups is 2. The number of nitro groups is 1. The molecule has 0 atom stereocenters. The maximum absolute atomic E-state index is 11.3. The molecular formula is C16H14N5O7S+. The molecule has 13 heteroatoms. The molecule has 29 heavy (non-hydrogen) atoms. The third kappa shape index (κ3) is 4.36. The number of aromatic nitrogens is 2. The van der Waals surface area contributed by atoms with Crippen molar-refractivity contribution in [2.75, 3.05) is 0 Å². The fraction of sp³-hybridized carbons (Fsp3) is 0.0625. The van der Waals surface area contributed by atoms with Crippen LogP contribution in [0.1, 0.15) is 5.56 Å². The number of aromatic amines is 1. The average molecular weight is 420 g/mol. The first kappa shape index (κ1) is 19.9. The van der Waals surface area contributed by atoms with Gasteiger partial charge in [-0.2, -0.15) is 13.5 Å². The SMILES string of the molecule is Cc1cc(O)cc(-[n+]2cc(N=Nc3cc([N+](=O)[O-])cc(S(=O)(=O)O)c3O)c[nH]2)c1. The summed E-state index contributed by atoms with van der Waals surface area (Å²) in [5.41, 5.74) is 0.405. The predicted molar refractivity (Wildman–Crippen MR) is 97.5 cm³/mol. The maximum atomic E-state index is 11.3. The molecule has 0 aliphatic carbocycles. The van der Waals surface area contributed by atoms with Crippen LogP contribution in [-0.2, 0) is 10.1 Å². The Morgan fingerprint density at radius 2 is 1.86 bits per heavy atom. The van der Waals surface area contributed by atoms with Crippen LogP contribution >= 0.6 is 0 Å². The number of H-pyrrole nitrogens is 1. The molecule has 3 aromatic rings. The van der Waals surface area contributed by atoms with E-state index in [9.17, 15) is 28.7 Å². The normalized spacial score (nSPS) is 11.8. The third-order valence-corrected chi connectivity index (χ3v) is 4.61. The van der Waals surface area contributed by atoms with Gasteiger partial charge in [0.25, 0.3) is 15.8 Å². The van der Waals surface area contributed by atoms with Gasteiger partial charge in [-0.25, -0.2) is 0 Å². The van der Waals surface area contributed by atoms with Crippen molar-refractivity contribution in [1.29, 1.82) is 0 Å². The number of azo groups is 1. The van der Waals surface area contributed by atoms with Crippen LogP contribution in [0.4, 0.5) is 17.1 Å². The van der Waals surface area contributed by atoms with Crippen molar-refractivity contribution < 1.29 is 32.8 Å². The largest absolute Gasteiger partial charge is 0.508 e. The monoisotopic (exact) mass is 420 g/mol. The molecule has 4 N–H and O–H groups in total. The van der Waals surface area contributed by atoms with Crippen LogP contribution in [0.25, 0.3) is 5.69 Å². The number of nitrogens with zero attached hydrogens (tertiary/aromatic N) is 4. The molecule has 0 aliphatic rings. The van der Waals surface area contributed by atoms with Gasteiger partial charge < -0.3 is 10.2 Å². The Hall–Kier alpha value is -3.84. The van der Waals surface area contributed by atoms with E-state index in [1.165, 1.54) is 23.1 Å². The lowest BCUT2D eigenvalue weighted by molar-refractivity contribution is -0.655. The molecule has 3 rings (SSSR count). The van der Waals surface area contributed by atoms with Gasteiger partial charge in [0.2, 0.25) is 11.9 Å². The first-order chi connectivity index (χ1) is 13.5. The lowest BCUT2D eigenvalue weighted by atomic mass is 10.2. The zero-order valence-electron chi connectivity index (χ0n) is 14.7. The Bertz CT molecular complexity index is 1230. The number of nitrogens with one attached hydrogen (secondary N) is 1. The minimum Gasteiger partial charge on any atom is -0.508 e. The lowest BCUT2D eigenvalue weighted by Crippen LogP contribution is -2.31. The first-order valence-electron chi connectivity index (χ1n) is 7.86. The second-order valence-corrected chi connectivity index (χ2v) is 7.36. The molecule has 0 unspecified atom stereocenters. The summed E-state index contributed by atoms with van der Waals surface area (Å²) in [5, 5.41) is 41.0. The molecule has 0 bridgehead atoms. The second-order valence-electron chi connectivity index (χ2n) is 5.97. The van der Waals surface area contributed by atoms with Crippen molar-refractivity contribution in [3.63, 3.8) is 0 Å². The molecule has 12 nitrogen and oxygen atoms in total. The van der Waals surface area contributed by atoms with E-state index in [-0.39, 0.29) is 11.4 Å². The Labute approximate surface area is 163 Å². The molecule has 0 spiro atoms. The molecule has 0 aliphatic heterocycles. The summed E-state index contributed by atoms with van der Waals surface area (Å²) in [6.07, 6.45) is 2.90. The molecule has 150 valence electrons. The number of phenolic OH excluding ortho intramolecular Hbond substituents is 2. The van der Waals surface area contributed by atoms with Gasteiger partial charge in [-0.15, -0.1) is 10.2 Å². The number of phenols is 2. The smallest absolute Gasteiger partial charge is 0.298 e. The van der Waals surface area contributed by atoms with Crippen LogP contribution in [0, 0.1) is 17.0 Å². The van der Waals surface area contributed by atoms with E-state index in [1.807, 2.05) is 0 Å². The number of hydrogen-bond donors (Lipinski definition) is 4. The summed E-state index contributed by atoms with van der Waals surface area (Å²) < 4.78 is 33.3. The summed E-state index contributed by atoms with van der Waals surface area (Å²) in [7, 11) is -4.93. The summed E-state index contributed by atoms with van der Waals surface area (Å²) in [6, 6.07) is 6.17. The van der Waals surface area contributed by atoms with Crippen molar-refractivity contribution in [3.8, 4) is 17.2 Å². The highest BCUT2D eigenvalue weighted by Crippen LogP contribution is 2.38. The minimum atomic E-state index is -4.93. The summed E-state index contributed by atoms with van der Waals surface area (Å²) in [6.45, 7) is 1.80. The second kappa shape index (κ2) is 7.29. The van der Waals surface area contributed by atoms with E-state index < -0.39 is 37.1 Å². The van der Waals surface area contributed by atoms with Gasteiger partial charge in [-0.3, -0.25) is 14.7 Å². The summed E-state index contributed by atoms with van der Waals surface area (Å²) in [4.78, 5) is 9.02. The van der Waals surface area contributed by atoms with Crippen molar-refractivity contribution in [2.45, 2.75) is 11.8 Å². The molecule has 2 aromatic carbocycles. The Morgan fingerprint density at radius 1 is 1.14 bits per heavy atom. The van der Waals surface area contributed by atoms with Gasteiger partial charge in [0.05, 0.1) is 17.2 Å². The van der Waals surface area contributed by atoms with Gasteiger partial charge in [0.15, 0.2) is 11.4 Å². The standard InChI is InChI=1S/C16H13N5O7S/c1-9-2-11(4-13(22)3-9)20-8-10(7-17-20)18-19-14-5-12(21(24)25)6-15(16(14)23)29(26,27)28/h2-8H,1H3,(H3,18,22,23,26,27,28)/p+1. The van der Waals surface area contributed by atoms with Gasteiger partial charge in [-0.1, -0.05) is 4.68 Å². The van der Waals surface area contributed by atoms with E-state index >= 15 is 0 Å². The topological polar surface area (TPSA) is 182 Å². The zero-order chi connectivity index (χ0) is 21.3. The van der Waals surface area contributed by atoms with Gasteiger partial charge in [0.1, 0.15) is 16.3 Å². The highest BCUT2D eigenvalue weighted by Gasteiger charge is 2.24. The lowest BCUT2D eigenvalue weighted by Gasteiger charge is -2.03. The fourth-order valence-corrected chi connectivity index (χ4v) is 3.12. The summed E-state index contributed by atoms with van der Waals surface area (Å²) in [5.74, 6) is -0.918. The minimum absolute atomic E-state index is 0.0598. The van der Waals surface area contributed by atoms with Crippen LogP contribution in [0.15, 0.2) is 57.8 Å². The predicted octanol–water partition coefficient (Wildman–Crippen LogP) is 2.58. The number of nitro benzene ring substituents is 1. The maximum Gasteiger partial charge on any atom is 0.298 e. The molecule has 0 saturated heterocycles. The Morgan fingerprint density at radius 3 is 2.48 bits per heavy atom. The molecule has 0 saturated carbocycles. The van der Waals surface area contributed by atoms with Crippen LogP contribution < -0.4 is 4.68 Å². The zero-order valence-corrected chi connectivity index (χ0v) is 15.5. The quantitative estimate of drug-likeness (QED) is 0.161. The molecule has 0 radical (unpaired) electrons. The van der Waals surface area contributed by atoms with Crippen LogP contribution in [0.5, 0.6) is 11.5 Å². The Balaban J connectivity index is 1.99. The van der Waals surface area contributed by atoms with Crippen LogP contribution in [0.2, 0.25) is 0 Å². The summed E-state index contributed by atoms with van der Waals surface area (Å²) >= 11 is 0. The third-order valence-electron chi connectivity index (χ3n) is 3.74. The highest BCUT2D eigenvalue weighted by atomic mass is 32.2. The average Bonchev–Trinajstić information content (AvgIpc) is 3.08. The number of aryl methyl sites for hydroxylation is 1. The van der Waals surface area contributed by atoms with Gasteiger partial charge in [0, 0.05) is 18.2 Å². The van der Waals surface area contributed by atoms with Gasteiger partial charge in [-0.05, 0) is 18.6 Å².